The largest absolute Gasteiger partial charge is 0.454 e. The van der Waals surface area contributed by atoms with Crippen LogP contribution in [0.4, 0.5) is 0 Å². The Morgan fingerprint density at radius 1 is 1.09 bits per heavy atom. The van der Waals surface area contributed by atoms with Crippen LogP contribution in [0.15, 0.2) is 53.2 Å². The van der Waals surface area contributed by atoms with Crippen molar-refractivity contribution in [2.75, 3.05) is 6.79 Å². The van der Waals surface area contributed by atoms with E-state index < -0.39 is 5.97 Å². The number of esters is 1. The van der Waals surface area contributed by atoms with Gasteiger partial charge in [-0.25, -0.2) is 9.79 Å². The summed E-state index contributed by atoms with van der Waals surface area (Å²) in [6.45, 7) is 0.201. The van der Waals surface area contributed by atoms with Crippen LogP contribution in [0.1, 0.15) is 11.1 Å². The van der Waals surface area contributed by atoms with Gasteiger partial charge in [0.2, 0.25) is 12.7 Å². The predicted octanol–water partition coefficient (Wildman–Crippen LogP) is 3.41. The van der Waals surface area contributed by atoms with Crippen molar-refractivity contribution >= 4 is 29.5 Å². The van der Waals surface area contributed by atoms with Gasteiger partial charge in [-0.05, 0) is 35.9 Å². The molecule has 0 amide bonds. The number of fused-ring (bicyclic) bond motifs is 1. The average Bonchev–Trinajstić information content (AvgIpc) is 3.14. The Morgan fingerprint density at radius 2 is 1.91 bits per heavy atom. The SMILES string of the molecule is O=C1OC(c2ccccc2Cl)=N/C1=C\c1ccc2c(c1)OCO2. The highest BCUT2D eigenvalue weighted by atomic mass is 35.5. The molecule has 2 heterocycles. The molecule has 2 aliphatic rings. The van der Waals surface area contributed by atoms with Crippen LogP contribution in [-0.4, -0.2) is 18.7 Å². The number of carbonyl (C=O) groups excluding carboxylic acids is 1. The number of ether oxygens (including phenoxy) is 3. The van der Waals surface area contributed by atoms with Gasteiger partial charge < -0.3 is 14.2 Å². The Morgan fingerprint density at radius 3 is 2.78 bits per heavy atom. The Balaban J connectivity index is 1.69. The minimum atomic E-state index is -0.516. The molecular formula is C17H10ClNO4. The Hall–Kier alpha value is -2.79. The van der Waals surface area contributed by atoms with E-state index in [1.54, 1.807) is 42.5 Å². The minimum Gasteiger partial charge on any atom is -0.454 e. The summed E-state index contributed by atoms with van der Waals surface area (Å²) in [7, 11) is 0. The number of hydrogen-bond acceptors (Lipinski definition) is 5. The van der Waals surface area contributed by atoms with Crippen molar-refractivity contribution in [3.63, 3.8) is 0 Å². The van der Waals surface area contributed by atoms with Crippen LogP contribution in [-0.2, 0) is 9.53 Å². The molecule has 0 N–H and O–H groups in total. The fourth-order valence-electron chi connectivity index (χ4n) is 2.32. The Bertz CT molecular complexity index is 873. The normalized spacial score (nSPS) is 17.3. The number of halogens is 1. The lowest BCUT2D eigenvalue weighted by Crippen LogP contribution is -2.05. The van der Waals surface area contributed by atoms with E-state index >= 15 is 0 Å². The molecule has 0 bridgehead atoms. The minimum absolute atomic E-state index is 0.201. The number of cyclic esters (lactones) is 1. The predicted molar refractivity (Wildman–Crippen MR) is 84.6 cm³/mol. The molecule has 0 atom stereocenters. The van der Waals surface area contributed by atoms with Gasteiger partial charge in [0.1, 0.15) is 0 Å². The van der Waals surface area contributed by atoms with Gasteiger partial charge in [-0.1, -0.05) is 29.8 Å². The first-order chi connectivity index (χ1) is 11.2. The van der Waals surface area contributed by atoms with Crippen LogP contribution in [0.5, 0.6) is 11.5 Å². The lowest BCUT2D eigenvalue weighted by Gasteiger charge is -2.00. The molecule has 2 aromatic carbocycles. The third-order valence-electron chi connectivity index (χ3n) is 3.42. The molecule has 5 nitrogen and oxygen atoms in total. The van der Waals surface area contributed by atoms with Gasteiger partial charge in [0.25, 0.3) is 0 Å². The maximum atomic E-state index is 12.0. The first-order valence-electron chi connectivity index (χ1n) is 6.88. The zero-order chi connectivity index (χ0) is 15.8. The van der Waals surface area contributed by atoms with Gasteiger partial charge in [-0.2, -0.15) is 0 Å². The Labute approximate surface area is 136 Å². The fraction of sp³-hybridized carbons (Fsp3) is 0.0588. The van der Waals surface area contributed by atoms with Gasteiger partial charge in [0, 0.05) is 0 Å². The van der Waals surface area contributed by atoms with Crippen molar-refractivity contribution in [3.05, 3.63) is 64.3 Å². The third kappa shape index (κ3) is 2.55. The van der Waals surface area contributed by atoms with Crippen molar-refractivity contribution in [1.82, 2.24) is 0 Å². The van der Waals surface area contributed by atoms with E-state index in [1.165, 1.54) is 0 Å². The molecule has 0 unspecified atom stereocenters. The molecular weight excluding hydrogens is 318 g/mol. The van der Waals surface area contributed by atoms with Crippen LogP contribution >= 0.6 is 11.6 Å². The smallest absolute Gasteiger partial charge is 0.363 e. The molecule has 0 saturated carbocycles. The topological polar surface area (TPSA) is 57.1 Å². The van der Waals surface area contributed by atoms with Gasteiger partial charge in [0.15, 0.2) is 17.2 Å². The van der Waals surface area contributed by atoms with Crippen molar-refractivity contribution in [3.8, 4) is 11.5 Å². The molecule has 4 rings (SSSR count). The van der Waals surface area contributed by atoms with E-state index in [2.05, 4.69) is 4.99 Å². The molecule has 2 aliphatic heterocycles. The third-order valence-corrected chi connectivity index (χ3v) is 3.75. The highest BCUT2D eigenvalue weighted by molar-refractivity contribution is 6.34. The van der Waals surface area contributed by atoms with Gasteiger partial charge >= 0.3 is 5.97 Å². The first kappa shape index (κ1) is 13.8. The number of aliphatic imine (C=N–C) groups is 1. The van der Waals surface area contributed by atoms with E-state index in [1.807, 2.05) is 6.07 Å². The van der Waals surface area contributed by atoms with E-state index in [4.69, 9.17) is 25.8 Å². The summed E-state index contributed by atoms with van der Waals surface area (Å²) in [6.07, 6.45) is 1.63. The summed E-state index contributed by atoms with van der Waals surface area (Å²) in [5, 5.41) is 0.475. The molecule has 0 spiro atoms. The Kier molecular flexibility index (Phi) is 3.28. The van der Waals surface area contributed by atoms with Gasteiger partial charge in [-0.15, -0.1) is 0 Å². The lowest BCUT2D eigenvalue weighted by molar-refractivity contribution is -0.129. The summed E-state index contributed by atoms with van der Waals surface area (Å²) >= 11 is 6.10. The molecule has 23 heavy (non-hydrogen) atoms. The summed E-state index contributed by atoms with van der Waals surface area (Å²) in [5.74, 6) is 1.01. The second-order valence-corrected chi connectivity index (χ2v) is 5.34. The van der Waals surface area contributed by atoms with Crippen LogP contribution in [0.2, 0.25) is 5.02 Å². The van der Waals surface area contributed by atoms with Crippen molar-refractivity contribution in [1.29, 1.82) is 0 Å². The molecule has 0 saturated heterocycles. The molecule has 114 valence electrons. The fourth-order valence-corrected chi connectivity index (χ4v) is 2.54. The zero-order valence-electron chi connectivity index (χ0n) is 11.8. The van der Waals surface area contributed by atoms with Crippen LogP contribution < -0.4 is 9.47 Å². The number of nitrogens with zero attached hydrogens (tertiary/aromatic N) is 1. The van der Waals surface area contributed by atoms with E-state index in [0.29, 0.717) is 22.1 Å². The molecule has 0 aliphatic carbocycles. The average molecular weight is 328 g/mol. The van der Waals surface area contributed by atoms with Gasteiger partial charge in [-0.3, -0.25) is 0 Å². The zero-order valence-corrected chi connectivity index (χ0v) is 12.5. The highest BCUT2D eigenvalue weighted by Crippen LogP contribution is 2.33. The second kappa shape index (κ2) is 5.44. The number of rotatable bonds is 2. The molecule has 0 radical (unpaired) electrons. The summed E-state index contributed by atoms with van der Waals surface area (Å²) in [6, 6.07) is 12.4. The summed E-state index contributed by atoms with van der Waals surface area (Å²) in [4.78, 5) is 16.2. The molecule has 2 aromatic rings. The van der Waals surface area contributed by atoms with Crippen LogP contribution in [0, 0.1) is 0 Å². The number of benzene rings is 2. The van der Waals surface area contributed by atoms with E-state index in [9.17, 15) is 4.79 Å². The standard InChI is InChI=1S/C17H10ClNO4/c18-12-4-2-1-3-11(12)16-19-13(17(20)23-16)7-10-5-6-14-15(8-10)22-9-21-14/h1-8H,9H2/b13-7-. The second-order valence-electron chi connectivity index (χ2n) is 4.93. The van der Waals surface area contributed by atoms with E-state index in [0.717, 1.165) is 5.56 Å². The monoisotopic (exact) mass is 327 g/mol. The molecule has 0 aromatic heterocycles. The van der Waals surface area contributed by atoms with Crippen molar-refractivity contribution < 1.29 is 19.0 Å². The lowest BCUT2D eigenvalue weighted by atomic mass is 10.1. The van der Waals surface area contributed by atoms with Crippen molar-refractivity contribution in [2.45, 2.75) is 0 Å². The quantitative estimate of drug-likeness (QED) is 0.626. The summed E-state index contributed by atoms with van der Waals surface area (Å²) < 4.78 is 15.8. The number of carbonyl (C=O) groups is 1. The first-order valence-corrected chi connectivity index (χ1v) is 7.25. The maximum absolute atomic E-state index is 12.0. The van der Waals surface area contributed by atoms with Crippen molar-refractivity contribution in [2.24, 2.45) is 4.99 Å². The molecule has 6 heteroatoms. The number of hydrogen-bond donors (Lipinski definition) is 0. The molecule has 0 fully saturated rings. The van der Waals surface area contributed by atoms with Crippen LogP contribution in [0.3, 0.4) is 0 Å². The highest BCUT2D eigenvalue weighted by Gasteiger charge is 2.25. The van der Waals surface area contributed by atoms with Crippen LogP contribution in [0.25, 0.3) is 6.08 Å². The van der Waals surface area contributed by atoms with Gasteiger partial charge in [0.05, 0.1) is 10.6 Å². The summed E-state index contributed by atoms with van der Waals surface area (Å²) in [5.41, 5.74) is 1.56. The van der Waals surface area contributed by atoms with E-state index in [-0.39, 0.29) is 18.4 Å². The maximum Gasteiger partial charge on any atom is 0.363 e.